The summed E-state index contributed by atoms with van der Waals surface area (Å²) in [6, 6.07) is 13.5. The molecular formula is C17H20ClNO. The maximum absolute atomic E-state index is 6.42. The van der Waals surface area contributed by atoms with Gasteiger partial charge in [-0.15, -0.1) is 0 Å². The number of hydrogen-bond acceptors (Lipinski definition) is 2. The zero-order chi connectivity index (χ0) is 14.5. The molecule has 0 aromatic heterocycles. The first-order valence-electron chi connectivity index (χ1n) is 6.87. The van der Waals surface area contributed by atoms with E-state index in [4.69, 9.17) is 22.1 Å². The van der Waals surface area contributed by atoms with E-state index in [0.717, 1.165) is 33.9 Å². The maximum atomic E-state index is 6.42. The topological polar surface area (TPSA) is 35.2 Å². The summed E-state index contributed by atoms with van der Waals surface area (Å²) in [5.41, 5.74) is 9.46. The average Bonchev–Trinajstić information content (AvgIpc) is 2.47. The first-order chi connectivity index (χ1) is 9.65. The highest BCUT2D eigenvalue weighted by Crippen LogP contribution is 2.32. The molecule has 0 saturated heterocycles. The Bertz CT molecular complexity index is 583. The van der Waals surface area contributed by atoms with Gasteiger partial charge >= 0.3 is 0 Å². The van der Waals surface area contributed by atoms with Crippen LogP contribution in [0.5, 0.6) is 5.75 Å². The van der Waals surface area contributed by atoms with Crippen molar-refractivity contribution < 1.29 is 4.74 Å². The standard InChI is InChI=1S/C17H20ClNO/c1-3-11-20-16-10-5-4-7-14(16)17(19)13-8-6-9-15(18)12(13)2/h4-10,17H,3,11,19H2,1-2H3. The van der Waals surface area contributed by atoms with Crippen molar-refractivity contribution in [2.24, 2.45) is 5.73 Å². The summed E-state index contributed by atoms with van der Waals surface area (Å²) in [5, 5.41) is 0.741. The predicted octanol–water partition coefficient (Wildman–Crippen LogP) is 4.49. The van der Waals surface area contributed by atoms with Crippen LogP contribution in [-0.2, 0) is 0 Å². The van der Waals surface area contributed by atoms with Gasteiger partial charge in [0, 0.05) is 10.6 Å². The molecule has 0 fully saturated rings. The molecule has 0 heterocycles. The van der Waals surface area contributed by atoms with Crippen LogP contribution < -0.4 is 10.5 Å². The molecule has 0 aliphatic heterocycles. The highest BCUT2D eigenvalue weighted by Gasteiger charge is 2.16. The van der Waals surface area contributed by atoms with E-state index in [1.54, 1.807) is 0 Å². The lowest BCUT2D eigenvalue weighted by Gasteiger charge is -2.19. The lowest BCUT2D eigenvalue weighted by atomic mass is 9.95. The smallest absolute Gasteiger partial charge is 0.124 e. The van der Waals surface area contributed by atoms with Crippen molar-refractivity contribution in [3.63, 3.8) is 0 Å². The molecule has 0 aliphatic rings. The molecule has 1 atom stereocenters. The van der Waals surface area contributed by atoms with Crippen LogP contribution in [-0.4, -0.2) is 6.61 Å². The second kappa shape index (κ2) is 6.78. The van der Waals surface area contributed by atoms with Gasteiger partial charge in [0.1, 0.15) is 5.75 Å². The van der Waals surface area contributed by atoms with E-state index in [1.807, 2.05) is 49.4 Å². The van der Waals surface area contributed by atoms with Gasteiger partial charge in [-0.1, -0.05) is 48.9 Å². The molecule has 0 radical (unpaired) electrons. The molecule has 106 valence electrons. The maximum Gasteiger partial charge on any atom is 0.124 e. The predicted molar refractivity (Wildman–Crippen MR) is 84.4 cm³/mol. The van der Waals surface area contributed by atoms with Gasteiger partial charge in [0.15, 0.2) is 0 Å². The molecule has 0 spiro atoms. The Morgan fingerprint density at radius 3 is 2.55 bits per heavy atom. The van der Waals surface area contributed by atoms with Crippen LogP contribution in [0, 0.1) is 6.92 Å². The highest BCUT2D eigenvalue weighted by atomic mass is 35.5. The van der Waals surface area contributed by atoms with Gasteiger partial charge in [-0.2, -0.15) is 0 Å². The van der Waals surface area contributed by atoms with E-state index in [0.29, 0.717) is 6.61 Å². The summed E-state index contributed by atoms with van der Waals surface area (Å²) in [6.07, 6.45) is 0.972. The first kappa shape index (κ1) is 14.9. The number of benzene rings is 2. The first-order valence-corrected chi connectivity index (χ1v) is 7.25. The molecular weight excluding hydrogens is 270 g/mol. The molecule has 1 unspecified atom stereocenters. The average molecular weight is 290 g/mol. The van der Waals surface area contributed by atoms with Crippen LogP contribution >= 0.6 is 11.6 Å². The van der Waals surface area contributed by atoms with Crippen LogP contribution in [0.1, 0.15) is 36.1 Å². The van der Waals surface area contributed by atoms with Gasteiger partial charge in [0.25, 0.3) is 0 Å². The van der Waals surface area contributed by atoms with Gasteiger partial charge < -0.3 is 10.5 Å². The molecule has 2 nitrogen and oxygen atoms in total. The second-order valence-corrected chi connectivity index (χ2v) is 5.23. The van der Waals surface area contributed by atoms with Gasteiger partial charge in [0.2, 0.25) is 0 Å². The van der Waals surface area contributed by atoms with Crippen LogP contribution in [0.25, 0.3) is 0 Å². The Hall–Kier alpha value is -1.51. The molecule has 2 aromatic rings. The SMILES string of the molecule is CCCOc1ccccc1C(N)c1cccc(Cl)c1C. The van der Waals surface area contributed by atoms with Crippen molar-refractivity contribution in [3.8, 4) is 5.75 Å². The normalized spacial score (nSPS) is 12.2. The summed E-state index contributed by atoms with van der Waals surface area (Å²) >= 11 is 6.18. The minimum atomic E-state index is -0.234. The fraction of sp³-hybridized carbons (Fsp3) is 0.294. The lowest BCUT2D eigenvalue weighted by Crippen LogP contribution is -2.15. The Balaban J connectivity index is 2.38. The van der Waals surface area contributed by atoms with Crippen molar-refractivity contribution >= 4 is 11.6 Å². The van der Waals surface area contributed by atoms with Gasteiger partial charge in [-0.25, -0.2) is 0 Å². The van der Waals surface area contributed by atoms with Crippen LogP contribution in [0.15, 0.2) is 42.5 Å². The number of nitrogens with two attached hydrogens (primary N) is 1. The Morgan fingerprint density at radius 1 is 1.10 bits per heavy atom. The van der Waals surface area contributed by atoms with E-state index in [2.05, 4.69) is 6.92 Å². The Kier molecular flexibility index (Phi) is 5.05. The molecule has 0 aliphatic carbocycles. The van der Waals surface area contributed by atoms with Gasteiger partial charge in [0.05, 0.1) is 12.6 Å². The van der Waals surface area contributed by atoms with Crippen LogP contribution in [0.3, 0.4) is 0 Å². The van der Waals surface area contributed by atoms with Crippen LogP contribution in [0.2, 0.25) is 5.02 Å². The number of rotatable bonds is 5. The Morgan fingerprint density at radius 2 is 1.80 bits per heavy atom. The fourth-order valence-corrected chi connectivity index (χ4v) is 2.39. The molecule has 20 heavy (non-hydrogen) atoms. The quantitative estimate of drug-likeness (QED) is 0.880. The fourth-order valence-electron chi connectivity index (χ4n) is 2.21. The lowest BCUT2D eigenvalue weighted by molar-refractivity contribution is 0.313. The van der Waals surface area contributed by atoms with Gasteiger partial charge in [-0.05, 0) is 36.6 Å². The number of halogens is 1. The summed E-state index contributed by atoms with van der Waals surface area (Å²) in [7, 11) is 0. The largest absolute Gasteiger partial charge is 0.493 e. The molecule has 0 saturated carbocycles. The summed E-state index contributed by atoms with van der Waals surface area (Å²) in [4.78, 5) is 0. The minimum absolute atomic E-state index is 0.234. The third kappa shape index (κ3) is 3.14. The third-order valence-electron chi connectivity index (χ3n) is 3.36. The van der Waals surface area contributed by atoms with Crippen molar-refractivity contribution in [2.45, 2.75) is 26.3 Å². The van der Waals surface area contributed by atoms with Crippen molar-refractivity contribution in [1.82, 2.24) is 0 Å². The number of hydrogen-bond donors (Lipinski definition) is 1. The Labute approximate surface area is 125 Å². The zero-order valence-electron chi connectivity index (χ0n) is 11.9. The third-order valence-corrected chi connectivity index (χ3v) is 3.77. The summed E-state index contributed by atoms with van der Waals surface area (Å²) < 4.78 is 5.79. The summed E-state index contributed by atoms with van der Waals surface area (Å²) in [5.74, 6) is 0.848. The van der Waals surface area contributed by atoms with E-state index in [9.17, 15) is 0 Å². The van der Waals surface area contributed by atoms with E-state index in [-0.39, 0.29) is 6.04 Å². The van der Waals surface area contributed by atoms with Gasteiger partial charge in [-0.3, -0.25) is 0 Å². The van der Waals surface area contributed by atoms with Crippen molar-refractivity contribution in [1.29, 1.82) is 0 Å². The molecule has 0 amide bonds. The summed E-state index contributed by atoms with van der Waals surface area (Å²) in [6.45, 7) is 4.77. The zero-order valence-corrected chi connectivity index (χ0v) is 12.7. The molecule has 2 N–H and O–H groups in total. The van der Waals surface area contributed by atoms with Crippen molar-refractivity contribution in [2.75, 3.05) is 6.61 Å². The molecule has 0 bridgehead atoms. The van der Waals surface area contributed by atoms with E-state index < -0.39 is 0 Å². The van der Waals surface area contributed by atoms with Crippen LogP contribution in [0.4, 0.5) is 0 Å². The number of para-hydroxylation sites is 1. The van der Waals surface area contributed by atoms with E-state index >= 15 is 0 Å². The monoisotopic (exact) mass is 289 g/mol. The minimum Gasteiger partial charge on any atom is -0.493 e. The second-order valence-electron chi connectivity index (χ2n) is 4.82. The van der Waals surface area contributed by atoms with Crippen molar-refractivity contribution in [3.05, 3.63) is 64.2 Å². The molecule has 2 aromatic carbocycles. The van der Waals surface area contributed by atoms with E-state index in [1.165, 1.54) is 0 Å². The number of ether oxygens (including phenoxy) is 1. The molecule has 3 heteroatoms. The highest BCUT2D eigenvalue weighted by molar-refractivity contribution is 6.31. The molecule has 2 rings (SSSR count).